The number of amides is 1. The fraction of sp³-hybridized carbons (Fsp3) is 0.261. The Morgan fingerprint density at radius 2 is 1.85 bits per heavy atom. The maximum Gasteiger partial charge on any atom is 0.274 e. The van der Waals surface area contributed by atoms with Crippen LogP contribution in [0.4, 0.5) is 5.69 Å². The van der Waals surface area contributed by atoms with Crippen molar-refractivity contribution < 1.29 is 14.1 Å². The lowest BCUT2D eigenvalue weighted by Crippen LogP contribution is -2.48. The topological polar surface area (TPSA) is 102 Å². The van der Waals surface area contributed by atoms with E-state index in [1.54, 1.807) is 43.4 Å². The summed E-state index contributed by atoms with van der Waals surface area (Å²) in [7, 11) is 1.65. The van der Waals surface area contributed by atoms with E-state index in [1.807, 2.05) is 35.2 Å². The maximum atomic E-state index is 13.0. The molecule has 1 aliphatic rings. The van der Waals surface area contributed by atoms with Crippen LogP contribution in [0.15, 0.2) is 59.6 Å². The normalized spacial score (nSPS) is 13.9. The summed E-state index contributed by atoms with van der Waals surface area (Å²) in [5.41, 5.74) is 2.25. The molecule has 3 aromatic heterocycles. The third-order valence-corrected chi connectivity index (χ3v) is 5.59. The SMILES string of the molecule is COc1ccc(N2CCN(C(=O)c3cn(-c4cc(-c5nc(C)no5)ccn4)cn3)CC2)cc1. The fourth-order valence-electron chi connectivity index (χ4n) is 3.79. The smallest absolute Gasteiger partial charge is 0.274 e. The molecular weight excluding hydrogens is 422 g/mol. The monoisotopic (exact) mass is 445 g/mol. The zero-order chi connectivity index (χ0) is 22.8. The quantitative estimate of drug-likeness (QED) is 0.462. The summed E-state index contributed by atoms with van der Waals surface area (Å²) in [5, 5.41) is 3.82. The largest absolute Gasteiger partial charge is 0.497 e. The van der Waals surface area contributed by atoms with Crippen molar-refractivity contribution in [3.05, 3.63) is 66.6 Å². The van der Waals surface area contributed by atoms with Gasteiger partial charge in [0.05, 0.1) is 7.11 Å². The molecule has 0 spiro atoms. The zero-order valence-electron chi connectivity index (χ0n) is 18.4. The molecule has 168 valence electrons. The van der Waals surface area contributed by atoms with Crippen LogP contribution in [0.3, 0.4) is 0 Å². The van der Waals surface area contributed by atoms with Gasteiger partial charge in [0.2, 0.25) is 0 Å². The van der Waals surface area contributed by atoms with Crippen LogP contribution in [0, 0.1) is 6.92 Å². The maximum absolute atomic E-state index is 13.0. The molecule has 1 saturated heterocycles. The standard InChI is InChI=1S/C23H23N7O3/c1-16-26-22(33-27-16)17-7-8-24-21(13-17)30-14-20(25-15-30)23(31)29-11-9-28(10-12-29)18-3-5-19(32-2)6-4-18/h3-8,13-15H,9-12H2,1-2H3. The molecular formula is C23H23N7O3. The van der Waals surface area contributed by atoms with Gasteiger partial charge in [-0.25, -0.2) is 9.97 Å². The highest BCUT2D eigenvalue weighted by molar-refractivity contribution is 5.92. The molecule has 1 aliphatic heterocycles. The molecule has 1 amide bonds. The first-order valence-corrected chi connectivity index (χ1v) is 10.6. The molecule has 10 nitrogen and oxygen atoms in total. The molecule has 1 fully saturated rings. The van der Waals surface area contributed by atoms with E-state index < -0.39 is 0 Å². The van der Waals surface area contributed by atoms with Gasteiger partial charge in [-0.1, -0.05) is 5.16 Å². The van der Waals surface area contributed by atoms with Gasteiger partial charge in [0, 0.05) is 49.8 Å². The highest BCUT2D eigenvalue weighted by Gasteiger charge is 2.24. The molecule has 33 heavy (non-hydrogen) atoms. The van der Waals surface area contributed by atoms with Crippen LogP contribution in [0.5, 0.6) is 5.75 Å². The molecule has 0 radical (unpaired) electrons. The minimum atomic E-state index is -0.0909. The first-order chi connectivity index (χ1) is 16.1. The number of piperazine rings is 1. The lowest BCUT2D eigenvalue weighted by Gasteiger charge is -2.35. The molecule has 10 heteroatoms. The van der Waals surface area contributed by atoms with Crippen LogP contribution in [-0.4, -0.2) is 68.8 Å². The number of nitrogens with zero attached hydrogens (tertiary/aromatic N) is 7. The van der Waals surface area contributed by atoms with Gasteiger partial charge in [0.15, 0.2) is 5.82 Å². The Bertz CT molecular complexity index is 1260. The second-order valence-electron chi connectivity index (χ2n) is 7.69. The third kappa shape index (κ3) is 4.27. The van der Waals surface area contributed by atoms with E-state index in [4.69, 9.17) is 9.26 Å². The molecule has 5 rings (SSSR count). The zero-order valence-corrected chi connectivity index (χ0v) is 18.4. The van der Waals surface area contributed by atoms with E-state index in [9.17, 15) is 4.79 Å². The van der Waals surface area contributed by atoms with Crippen molar-refractivity contribution in [1.82, 2.24) is 29.6 Å². The number of anilines is 1. The lowest BCUT2D eigenvalue weighted by molar-refractivity contribution is 0.0741. The molecule has 0 N–H and O–H groups in total. The molecule has 0 bridgehead atoms. The van der Waals surface area contributed by atoms with Gasteiger partial charge in [-0.15, -0.1) is 0 Å². The van der Waals surface area contributed by atoms with Crippen LogP contribution in [0.2, 0.25) is 0 Å². The molecule has 4 aromatic rings. The number of methoxy groups -OCH3 is 1. The van der Waals surface area contributed by atoms with E-state index in [0.29, 0.717) is 36.3 Å². The van der Waals surface area contributed by atoms with Gasteiger partial charge in [-0.05, 0) is 43.3 Å². The van der Waals surface area contributed by atoms with Crippen molar-refractivity contribution in [2.75, 3.05) is 38.2 Å². The van der Waals surface area contributed by atoms with Gasteiger partial charge < -0.3 is 19.1 Å². The summed E-state index contributed by atoms with van der Waals surface area (Å²) in [6, 6.07) is 11.6. The van der Waals surface area contributed by atoms with E-state index in [0.717, 1.165) is 30.1 Å². The molecule has 4 heterocycles. The predicted octanol–water partition coefficient (Wildman–Crippen LogP) is 2.60. The van der Waals surface area contributed by atoms with Crippen molar-refractivity contribution in [3.63, 3.8) is 0 Å². The van der Waals surface area contributed by atoms with Crippen LogP contribution in [-0.2, 0) is 0 Å². The Kier molecular flexibility index (Phi) is 5.47. The van der Waals surface area contributed by atoms with Gasteiger partial charge in [0.25, 0.3) is 11.8 Å². The van der Waals surface area contributed by atoms with Crippen LogP contribution in [0.1, 0.15) is 16.3 Å². The highest BCUT2D eigenvalue weighted by atomic mass is 16.5. The number of ether oxygens (including phenoxy) is 1. The summed E-state index contributed by atoms with van der Waals surface area (Å²) in [4.78, 5) is 30.1. The van der Waals surface area contributed by atoms with Gasteiger partial charge in [-0.3, -0.25) is 9.36 Å². The number of hydrogen-bond acceptors (Lipinski definition) is 8. The second kappa shape index (κ2) is 8.73. The Morgan fingerprint density at radius 3 is 2.55 bits per heavy atom. The number of carbonyl (C=O) groups is 1. The first kappa shape index (κ1) is 20.7. The van der Waals surface area contributed by atoms with E-state index >= 15 is 0 Å². The van der Waals surface area contributed by atoms with Gasteiger partial charge in [-0.2, -0.15) is 4.98 Å². The summed E-state index contributed by atoms with van der Waals surface area (Å²) < 4.78 is 12.2. The number of aromatic nitrogens is 5. The van der Waals surface area contributed by atoms with Crippen LogP contribution >= 0.6 is 0 Å². The Hall–Kier alpha value is -4.21. The molecule has 0 aliphatic carbocycles. The number of benzene rings is 1. The third-order valence-electron chi connectivity index (χ3n) is 5.59. The minimum absolute atomic E-state index is 0.0909. The van der Waals surface area contributed by atoms with Crippen molar-refractivity contribution >= 4 is 11.6 Å². The number of hydrogen-bond donors (Lipinski definition) is 0. The molecule has 0 atom stereocenters. The van der Waals surface area contributed by atoms with Gasteiger partial charge in [0.1, 0.15) is 23.6 Å². The van der Waals surface area contributed by atoms with Crippen LogP contribution in [0.25, 0.3) is 17.3 Å². The minimum Gasteiger partial charge on any atom is -0.497 e. The van der Waals surface area contributed by atoms with Crippen LogP contribution < -0.4 is 9.64 Å². The number of pyridine rings is 1. The first-order valence-electron chi connectivity index (χ1n) is 10.6. The Labute approximate surface area is 190 Å². The van der Waals surface area contributed by atoms with E-state index in [2.05, 4.69) is 25.0 Å². The second-order valence-corrected chi connectivity index (χ2v) is 7.69. The highest BCUT2D eigenvalue weighted by Crippen LogP contribution is 2.22. The van der Waals surface area contributed by atoms with Crippen molar-refractivity contribution in [3.8, 4) is 23.0 Å². The summed E-state index contributed by atoms with van der Waals surface area (Å²) >= 11 is 0. The van der Waals surface area contributed by atoms with E-state index in [-0.39, 0.29) is 5.91 Å². The summed E-state index contributed by atoms with van der Waals surface area (Å²) in [6.07, 6.45) is 4.94. The average molecular weight is 445 g/mol. The number of rotatable bonds is 5. The Morgan fingerprint density at radius 1 is 1.06 bits per heavy atom. The molecule has 0 saturated carbocycles. The van der Waals surface area contributed by atoms with E-state index in [1.165, 1.54) is 0 Å². The average Bonchev–Trinajstić information content (AvgIpc) is 3.54. The van der Waals surface area contributed by atoms with Gasteiger partial charge >= 0.3 is 0 Å². The number of imidazole rings is 1. The molecule has 1 aromatic carbocycles. The number of carbonyl (C=O) groups excluding carboxylic acids is 1. The Balaban J connectivity index is 1.25. The predicted molar refractivity (Wildman–Crippen MR) is 120 cm³/mol. The van der Waals surface area contributed by atoms with Crippen molar-refractivity contribution in [2.45, 2.75) is 6.92 Å². The number of aryl methyl sites for hydroxylation is 1. The summed E-state index contributed by atoms with van der Waals surface area (Å²) in [6.45, 7) is 4.53. The summed E-state index contributed by atoms with van der Waals surface area (Å²) in [5.74, 6) is 2.33. The lowest BCUT2D eigenvalue weighted by atomic mass is 10.2. The fourth-order valence-corrected chi connectivity index (χ4v) is 3.79. The molecule has 0 unspecified atom stereocenters. The van der Waals surface area contributed by atoms with Crippen molar-refractivity contribution in [2.24, 2.45) is 0 Å². The van der Waals surface area contributed by atoms with Crippen molar-refractivity contribution in [1.29, 1.82) is 0 Å².